The average molecular weight is 655 g/mol. The molecule has 9 nitrogen and oxygen atoms in total. The molecule has 0 radical (unpaired) electrons. The maximum atomic E-state index is 12.8. The summed E-state index contributed by atoms with van der Waals surface area (Å²) in [5, 5.41) is 35.7. The largest absolute Gasteiger partial charge is 0.389 e. The van der Waals surface area contributed by atoms with Gasteiger partial charge in [-0.1, -0.05) is 78.2 Å². The zero-order valence-electron chi connectivity index (χ0n) is 26.2. The third-order valence-corrected chi connectivity index (χ3v) is 9.95. The Kier molecular flexibility index (Phi) is 7.18. The average Bonchev–Trinajstić information content (AvgIpc) is 3.63. The number of hydrogen-bond donors (Lipinski definition) is 4. The lowest BCUT2D eigenvalue weighted by molar-refractivity contribution is -0.136. The number of benzene rings is 5. The first-order valence-corrected chi connectivity index (χ1v) is 16.1. The van der Waals surface area contributed by atoms with Gasteiger partial charge in [0.1, 0.15) is 6.10 Å². The number of imidazole rings is 1. The Hall–Kier alpha value is -5.27. The molecule has 4 N–H and O–H groups in total. The number of nitrogens with zero attached hydrogens (tertiary/aromatic N) is 4. The minimum Gasteiger partial charge on any atom is -0.389 e. The van der Waals surface area contributed by atoms with Crippen molar-refractivity contribution in [1.29, 1.82) is 0 Å². The Morgan fingerprint density at radius 3 is 2.48 bits per heavy atom. The number of halogens is 1. The van der Waals surface area contributed by atoms with Crippen molar-refractivity contribution in [3.8, 4) is 11.8 Å². The topological polar surface area (TPSA) is 125 Å². The van der Waals surface area contributed by atoms with Crippen molar-refractivity contribution < 1.29 is 15.0 Å². The van der Waals surface area contributed by atoms with E-state index in [1.54, 1.807) is 17.8 Å². The highest BCUT2D eigenvalue weighted by atomic mass is 35.5. The smallest absolute Gasteiger partial charge is 0.228 e. The molecule has 5 aromatic carbocycles. The van der Waals surface area contributed by atoms with Crippen molar-refractivity contribution in [3.05, 3.63) is 107 Å². The quantitative estimate of drug-likeness (QED) is 0.136. The Bertz CT molecular complexity index is 2430. The standard InChI is InChI=1S/C38H31ClN6O3/c1-38(37(48)40-2)18-28(33(46)34(38)47)45-20-42-32-35(41-19-21-5-3-8-26(39)17-21)43-29(44-36(32)45)16-14-22-9-10-25-12-11-23-6-4-7-24-13-15-27(22)31(25)30(23)24/h3-13,15,17,20,28,33-34,46-47H,18-19H2,1-2H3,(H,40,48)(H,41,43,44)/t28-,33+,34+,38?/m1/s1. The first-order chi connectivity index (χ1) is 23.2. The van der Waals surface area contributed by atoms with Crippen LogP contribution in [0.15, 0.2) is 85.2 Å². The second kappa shape index (κ2) is 11.5. The van der Waals surface area contributed by atoms with E-state index >= 15 is 0 Å². The van der Waals surface area contributed by atoms with Crippen molar-refractivity contribution >= 4 is 66.8 Å². The van der Waals surface area contributed by atoms with E-state index in [0.717, 1.165) is 21.9 Å². The summed E-state index contributed by atoms with van der Waals surface area (Å²) in [4.78, 5) is 27.0. The van der Waals surface area contributed by atoms with E-state index in [1.165, 1.54) is 28.6 Å². The summed E-state index contributed by atoms with van der Waals surface area (Å²) in [5.41, 5.74) is 1.50. The monoisotopic (exact) mass is 654 g/mol. The Labute approximate surface area is 280 Å². The van der Waals surface area contributed by atoms with Gasteiger partial charge >= 0.3 is 0 Å². The molecule has 1 amide bonds. The van der Waals surface area contributed by atoms with Crippen LogP contribution in [0.4, 0.5) is 5.82 Å². The maximum absolute atomic E-state index is 12.8. The van der Waals surface area contributed by atoms with E-state index in [2.05, 4.69) is 76.0 Å². The normalized spacial score (nSPS) is 20.8. The lowest BCUT2D eigenvalue weighted by atomic mass is 9.85. The summed E-state index contributed by atoms with van der Waals surface area (Å²) >= 11 is 6.24. The van der Waals surface area contributed by atoms with Gasteiger partial charge in [0.15, 0.2) is 17.0 Å². The number of aliphatic hydroxyl groups is 2. The third kappa shape index (κ3) is 4.80. The first-order valence-electron chi connectivity index (χ1n) is 15.7. The van der Waals surface area contributed by atoms with E-state index in [0.29, 0.717) is 28.5 Å². The van der Waals surface area contributed by atoms with E-state index in [9.17, 15) is 15.0 Å². The number of rotatable bonds is 5. The number of aromatic nitrogens is 4. The molecule has 1 aliphatic carbocycles. The van der Waals surface area contributed by atoms with Gasteiger partial charge in [0.2, 0.25) is 11.7 Å². The molecular formula is C38H31ClN6O3. The predicted molar refractivity (Wildman–Crippen MR) is 188 cm³/mol. The number of carbonyl (C=O) groups excluding carboxylic acids is 1. The number of hydrogen-bond acceptors (Lipinski definition) is 7. The van der Waals surface area contributed by atoms with Gasteiger partial charge in [0.25, 0.3) is 0 Å². The van der Waals surface area contributed by atoms with E-state index in [1.807, 2.05) is 30.3 Å². The fourth-order valence-electron chi connectivity index (χ4n) is 7.18. The van der Waals surface area contributed by atoms with Crippen molar-refractivity contribution in [2.24, 2.45) is 5.41 Å². The lowest BCUT2D eigenvalue weighted by Crippen LogP contribution is -2.45. The Morgan fingerprint density at radius 2 is 1.71 bits per heavy atom. The van der Waals surface area contributed by atoms with Crippen LogP contribution in [0, 0.1) is 17.3 Å². The van der Waals surface area contributed by atoms with Crippen LogP contribution < -0.4 is 10.6 Å². The molecule has 8 rings (SSSR count). The molecule has 10 heteroatoms. The SMILES string of the molecule is CNC(=O)C1(C)C[C@@H](n2cnc3c(NCc4cccc(Cl)c4)nc(C#Cc4ccc5ccc6cccc7ccc4c5c67)nc32)[C@H](O)[C@@H]1O. The van der Waals surface area contributed by atoms with E-state index in [4.69, 9.17) is 21.6 Å². The summed E-state index contributed by atoms with van der Waals surface area (Å²) in [6, 6.07) is 25.8. The molecule has 2 aromatic heterocycles. The third-order valence-electron chi connectivity index (χ3n) is 9.71. The zero-order chi connectivity index (χ0) is 33.2. The summed E-state index contributed by atoms with van der Waals surface area (Å²) in [5.74, 6) is 6.89. The molecular weight excluding hydrogens is 624 g/mol. The van der Waals surface area contributed by atoms with Crippen molar-refractivity contribution in [2.45, 2.75) is 38.1 Å². The molecule has 1 fully saturated rings. The summed E-state index contributed by atoms with van der Waals surface area (Å²) in [7, 11) is 1.52. The zero-order valence-corrected chi connectivity index (χ0v) is 27.0. The van der Waals surface area contributed by atoms with Crippen molar-refractivity contribution in [2.75, 3.05) is 12.4 Å². The molecule has 1 saturated carbocycles. The van der Waals surface area contributed by atoms with Crippen LogP contribution in [-0.4, -0.2) is 54.9 Å². The Balaban J connectivity index is 1.24. The number of nitrogens with one attached hydrogen (secondary N) is 2. The van der Waals surface area contributed by atoms with Crippen LogP contribution in [0.5, 0.6) is 0 Å². The second-order valence-electron chi connectivity index (χ2n) is 12.6. The van der Waals surface area contributed by atoms with Gasteiger partial charge in [-0.15, -0.1) is 0 Å². The van der Waals surface area contributed by atoms with Crippen molar-refractivity contribution in [1.82, 2.24) is 24.8 Å². The highest BCUT2D eigenvalue weighted by Gasteiger charge is 2.54. The molecule has 0 spiro atoms. The van der Waals surface area contributed by atoms with E-state index < -0.39 is 23.7 Å². The molecule has 0 aliphatic heterocycles. The van der Waals surface area contributed by atoms with Gasteiger partial charge in [-0.2, -0.15) is 0 Å². The first kappa shape index (κ1) is 30.1. The molecule has 0 saturated heterocycles. The van der Waals surface area contributed by atoms with Gasteiger partial charge in [-0.25, -0.2) is 15.0 Å². The van der Waals surface area contributed by atoms with Gasteiger partial charge < -0.3 is 25.4 Å². The maximum Gasteiger partial charge on any atom is 0.228 e. The highest BCUT2D eigenvalue weighted by Crippen LogP contribution is 2.45. The van der Waals surface area contributed by atoms with Crippen LogP contribution in [-0.2, 0) is 11.3 Å². The van der Waals surface area contributed by atoms with Crippen molar-refractivity contribution in [3.63, 3.8) is 0 Å². The number of amides is 1. The van der Waals surface area contributed by atoms with E-state index in [-0.39, 0.29) is 18.2 Å². The molecule has 1 aliphatic rings. The molecule has 48 heavy (non-hydrogen) atoms. The molecule has 7 aromatic rings. The fraction of sp³-hybridized carbons (Fsp3) is 0.211. The molecule has 0 bridgehead atoms. The number of aliphatic hydroxyl groups excluding tert-OH is 2. The fourth-order valence-corrected chi connectivity index (χ4v) is 7.39. The summed E-state index contributed by atoms with van der Waals surface area (Å²) in [6.07, 6.45) is -0.761. The number of carbonyl (C=O) groups is 1. The molecule has 4 atom stereocenters. The number of fused-ring (bicyclic) bond motifs is 1. The van der Waals surface area contributed by atoms with Crippen LogP contribution in [0.3, 0.4) is 0 Å². The number of anilines is 1. The van der Waals surface area contributed by atoms with Gasteiger partial charge in [0, 0.05) is 24.2 Å². The Morgan fingerprint density at radius 1 is 0.979 bits per heavy atom. The minimum absolute atomic E-state index is 0.180. The van der Waals surface area contributed by atoms with Crippen LogP contribution in [0.2, 0.25) is 5.02 Å². The highest BCUT2D eigenvalue weighted by molar-refractivity contribution is 6.30. The molecule has 1 unspecified atom stereocenters. The molecule has 238 valence electrons. The molecule has 2 heterocycles. The minimum atomic E-state index is -1.28. The van der Waals surface area contributed by atoms with Crippen LogP contribution in [0.25, 0.3) is 43.5 Å². The van der Waals surface area contributed by atoms with Crippen LogP contribution >= 0.6 is 11.6 Å². The lowest BCUT2D eigenvalue weighted by Gasteiger charge is -2.26. The summed E-state index contributed by atoms with van der Waals surface area (Å²) < 4.78 is 1.71. The summed E-state index contributed by atoms with van der Waals surface area (Å²) in [6.45, 7) is 2.07. The van der Waals surface area contributed by atoms with Gasteiger partial charge in [0.05, 0.1) is 23.9 Å². The van der Waals surface area contributed by atoms with Gasteiger partial charge in [-0.05, 0) is 75.3 Å². The predicted octanol–water partition coefficient (Wildman–Crippen LogP) is 5.81. The van der Waals surface area contributed by atoms with Crippen LogP contribution in [0.1, 0.15) is 36.3 Å². The second-order valence-corrected chi connectivity index (χ2v) is 13.1. The van der Waals surface area contributed by atoms with Gasteiger partial charge in [-0.3, -0.25) is 4.79 Å².